The van der Waals surface area contributed by atoms with Crippen molar-refractivity contribution in [3.63, 3.8) is 0 Å². The van der Waals surface area contributed by atoms with Gasteiger partial charge in [-0.2, -0.15) is 11.3 Å². The minimum absolute atomic E-state index is 0.0160. The Morgan fingerprint density at radius 3 is 2.40 bits per heavy atom. The van der Waals surface area contributed by atoms with Crippen LogP contribution in [0.3, 0.4) is 0 Å². The Bertz CT molecular complexity index is 972. The number of sulfonamides is 1. The lowest BCUT2D eigenvalue weighted by molar-refractivity contribution is -0.154. The lowest BCUT2D eigenvalue weighted by Crippen LogP contribution is -2.37. The van der Waals surface area contributed by atoms with Crippen LogP contribution >= 0.6 is 11.3 Å². The smallest absolute Gasteiger partial charge is 0.308 e. The van der Waals surface area contributed by atoms with E-state index in [-0.39, 0.29) is 30.3 Å². The molecule has 0 bridgehead atoms. The normalized spacial score (nSPS) is 12.1. The number of esters is 1. The highest BCUT2D eigenvalue weighted by atomic mass is 32.2. The van der Waals surface area contributed by atoms with Crippen LogP contribution < -0.4 is 15.8 Å². The zero-order valence-corrected chi connectivity index (χ0v) is 17.9. The van der Waals surface area contributed by atoms with E-state index >= 15 is 0 Å². The van der Waals surface area contributed by atoms with E-state index in [2.05, 4.69) is 10.6 Å². The van der Waals surface area contributed by atoms with Gasteiger partial charge in [-0.05, 0) is 42.5 Å². The summed E-state index contributed by atoms with van der Waals surface area (Å²) in [6, 6.07) is 7.70. The van der Waals surface area contributed by atoms with Crippen molar-refractivity contribution >= 4 is 39.1 Å². The number of rotatable bonds is 10. The summed E-state index contributed by atoms with van der Waals surface area (Å²) >= 11 is 1.40. The molecule has 1 atom stereocenters. The SMILES string of the molecule is CC(OC(=O)CCNC(=O)c1ccsc1)C(=O)NCCc1ccc(S(N)(=O)=O)cc1. The maximum atomic E-state index is 12.0. The number of hydrogen-bond donors (Lipinski definition) is 3. The van der Waals surface area contributed by atoms with Gasteiger partial charge < -0.3 is 15.4 Å². The molecule has 0 fully saturated rings. The molecule has 2 rings (SSSR count). The fourth-order valence-electron chi connectivity index (χ4n) is 2.40. The molecule has 30 heavy (non-hydrogen) atoms. The standard InChI is InChI=1S/C19H23N3O6S2/c1-13(28-17(23)7-10-22-19(25)15-8-11-29-12-15)18(24)21-9-6-14-2-4-16(5-3-14)30(20,26)27/h2-5,8,11-13H,6-7,9-10H2,1H3,(H,21,24)(H,22,25)(H2,20,26,27). The Kier molecular flexibility index (Phi) is 8.51. The maximum Gasteiger partial charge on any atom is 0.308 e. The molecule has 0 radical (unpaired) electrons. The molecule has 1 aromatic heterocycles. The van der Waals surface area contributed by atoms with E-state index < -0.39 is 28.0 Å². The Hall–Kier alpha value is -2.76. The Morgan fingerprint density at radius 2 is 1.80 bits per heavy atom. The van der Waals surface area contributed by atoms with Crippen LogP contribution in [0.2, 0.25) is 0 Å². The molecule has 0 saturated heterocycles. The Balaban J connectivity index is 1.66. The van der Waals surface area contributed by atoms with Crippen LogP contribution in [0.15, 0.2) is 46.0 Å². The van der Waals surface area contributed by atoms with Crippen molar-refractivity contribution < 1.29 is 27.5 Å². The predicted octanol–water partition coefficient (Wildman–Crippen LogP) is 0.806. The highest BCUT2D eigenvalue weighted by Gasteiger charge is 2.17. The number of nitrogens with one attached hydrogen (secondary N) is 2. The van der Waals surface area contributed by atoms with Gasteiger partial charge in [-0.1, -0.05) is 12.1 Å². The van der Waals surface area contributed by atoms with Crippen molar-refractivity contribution in [1.29, 1.82) is 0 Å². The second-order valence-corrected chi connectivity index (χ2v) is 8.72. The van der Waals surface area contributed by atoms with Gasteiger partial charge in [0.1, 0.15) is 0 Å². The molecule has 9 nitrogen and oxygen atoms in total. The zero-order chi connectivity index (χ0) is 22.1. The second-order valence-electron chi connectivity index (χ2n) is 6.38. The lowest BCUT2D eigenvalue weighted by Gasteiger charge is -2.14. The lowest BCUT2D eigenvalue weighted by atomic mass is 10.1. The fourth-order valence-corrected chi connectivity index (χ4v) is 3.55. The van der Waals surface area contributed by atoms with Crippen molar-refractivity contribution in [2.24, 2.45) is 5.14 Å². The summed E-state index contributed by atoms with van der Waals surface area (Å²) in [5.41, 5.74) is 1.34. The van der Waals surface area contributed by atoms with Gasteiger partial charge in [-0.25, -0.2) is 13.6 Å². The third-order valence-electron chi connectivity index (χ3n) is 4.04. The van der Waals surface area contributed by atoms with Crippen molar-refractivity contribution in [1.82, 2.24) is 10.6 Å². The van der Waals surface area contributed by atoms with Gasteiger partial charge in [0.25, 0.3) is 11.8 Å². The summed E-state index contributed by atoms with van der Waals surface area (Å²) in [6.45, 7) is 1.85. The third kappa shape index (κ3) is 7.58. The Morgan fingerprint density at radius 1 is 1.10 bits per heavy atom. The number of amides is 2. The largest absolute Gasteiger partial charge is 0.452 e. The van der Waals surface area contributed by atoms with Crippen molar-refractivity contribution in [2.75, 3.05) is 13.1 Å². The average molecular weight is 454 g/mol. The fraction of sp³-hybridized carbons (Fsp3) is 0.316. The maximum absolute atomic E-state index is 12.0. The predicted molar refractivity (Wildman–Crippen MR) is 111 cm³/mol. The molecule has 4 N–H and O–H groups in total. The highest BCUT2D eigenvalue weighted by Crippen LogP contribution is 2.09. The van der Waals surface area contributed by atoms with Crippen LogP contribution in [-0.2, 0) is 30.8 Å². The quantitative estimate of drug-likeness (QED) is 0.454. The molecule has 11 heteroatoms. The molecule has 1 unspecified atom stereocenters. The summed E-state index contributed by atoms with van der Waals surface area (Å²) in [5.74, 6) is -1.32. The summed E-state index contributed by atoms with van der Waals surface area (Å²) < 4.78 is 27.5. The molecule has 1 aromatic carbocycles. The molecule has 0 spiro atoms. The van der Waals surface area contributed by atoms with Crippen LogP contribution in [0.1, 0.15) is 29.3 Å². The van der Waals surface area contributed by atoms with Gasteiger partial charge in [0, 0.05) is 24.0 Å². The second kappa shape index (κ2) is 10.9. The first-order valence-corrected chi connectivity index (χ1v) is 11.5. The summed E-state index contributed by atoms with van der Waals surface area (Å²) in [6.07, 6.45) is -0.564. The van der Waals surface area contributed by atoms with E-state index in [0.717, 1.165) is 5.56 Å². The van der Waals surface area contributed by atoms with E-state index in [1.807, 2.05) is 0 Å². The van der Waals surface area contributed by atoms with Gasteiger partial charge in [0.05, 0.1) is 11.3 Å². The van der Waals surface area contributed by atoms with Gasteiger partial charge in [-0.3, -0.25) is 14.4 Å². The number of hydrogen-bond acceptors (Lipinski definition) is 7. The minimum atomic E-state index is -3.74. The van der Waals surface area contributed by atoms with Gasteiger partial charge >= 0.3 is 5.97 Å². The zero-order valence-electron chi connectivity index (χ0n) is 16.3. The first-order chi connectivity index (χ1) is 14.2. The number of primary sulfonamides is 1. The molecule has 1 heterocycles. The number of carbonyl (C=O) groups is 3. The Labute approximate surface area is 178 Å². The van der Waals surface area contributed by atoms with E-state index in [4.69, 9.17) is 9.88 Å². The number of ether oxygens (including phenoxy) is 1. The first kappa shape index (κ1) is 23.5. The van der Waals surface area contributed by atoms with Crippen LogP contribution in [-0.4, -0.2) is 45.4 Å². The first-order valence-electron chi connectivity index (χ1n) is 9.06. The van der Waals surface area contributed by atoms with E-state index in [1.54, 1.807) is 29.0 Å². The minimum Gasteiger partial charge on any atom is -0.452 e. The molecular formula is C19H23N3O6S2. The van der Waals surface area contributed by atoms with Crippen molar-refractivity contribution in [3.05, 3.63) is 52.2 Å². The van der Waals surface area contributed by atoms with Gasteiger partial charge in [0.2, 0.25) is 10.0 Å². The van der Waals surface area contributed by atoms with Gasteiger partial charge in [0.15, 0.2) is 6.10 Å². The monoisotopic (exact) mass is 453 g/mol. The molecular weight excluding hydrogens is 430 g/mol. The van der Waals surface area contributed by atoms with E-state index in [9.17, 15) is 22.8 Å². The van der Waals surface area contributed by atoms with Crippen LogP contribution in [0.25, 0.3) is 0 Å². The molecule has 0 aliphatic carbocycles. The molecule has 0 aliphatic rings. The van der Waals surface area contributed by atoms with Crippen molar-refractivity contribution in [3.8, 4) is 0 Å². The van der Waals surface area contributed by atoms with Crippen LogP contribution in [0.4, 0.5) is 0 Å². The molecule has 162 valence electrons. The van der Waals surface area contributed by atoms with E-state index in [0.29, 0.717) is 12.0 Å². The molecule has 0 aliphatic heterocycles. The molecule has 2 amide bonds. The number of carbonyl (C=O) groups excluding carboxylic acids is 3. The number of thiophene rings is 1. The molecule has 0 saturated carbocycles. The van der Waals surface area contributed by atoms with Crippen molar-refractivity contribution in [2.45, 2.75) is 30.8 Å². The van der Waals surface area contributed by atoms with E-state index in [1.165, 1.54) is 30.4 Å². The summed E-state index contributed by atoms with van der Waals surface area (Å²) in [4.78, 5) is 35.6. The number of benzene rings is 1. The topological polar surface area (TPSA) is 145 Å². The van der Waals surface area contributed by atoms with Gasteiger partial charge in [-0.15, -0.1) is 0 Å². The van der Waals surface area contributed by atoms with Crippen LogP contribution in [0, 0.1) is 0 Å². The summed E-state index contributed by atoms with van der Waals surface area (Å²) in [7, 11) is -3.74. The average Bonchev–Trinajstić information content (AvgIpc) is 3.22. The highest BCUT2D eigenvalue weighted by molar-refractivity contribution is 7.89. The summed E-state index contributed by atoms with van der Waals surface area (Å²) in [5, 5.41) is 13.8. The van der Waals surface area contributed by atoms with Crippen LogP contribution in [0.5, 0.6) is 0 Å². The number of nitrogens with two attached hydrogens (primary N) is 1. The third-order valence-corrected chi connectivity index (χ3v) is 5.65. The molecule has 2 aromatic rings.